The molecule has 1 radical (unpaired) electrons. The molecule has 0 aliphatic rings. The van der Waals surface area contributed by atoms with Crippen LogP contribution in [0.4, 0.5) is 0 Å². The van der Waals surface area contributed by atoms with Crippen LogP contribution in [0, 0.1) is 5.92 Å². The highest BCUT2D eigenvalue weighted by Gasteiger charge is 2.04. The predicted molar refractivity (Wildman–Crippen MR) is 43.7 cm³/mol. The van der Waals surface area contributed by atoms with Gasteiger partial charge in [-0.1, -0.05) is 13.8 Å². The van der Waals surface area contributed by atoms with E-state index in [0.717, 1.165) is 25.7 Å². The first-order valence-corrected chi connectivity index (χ1v) is 4.03. The number of hydrogen-bond acceptors (Lipinski definition) is 1. The Kier molecular flexibility index (Phi) is 5.27. The lowest BCUT2D eigenvalue weighted by Crippen LogP contribution is -1.97. The molecule has 0 aromatic heterocycles. The van der Waals surface area contributed by atoms with E-state index in [0.29, 0.717) is 5.78 Å². The van der Waals surface area contributed by atoms with Crippen molar-refractivity contribution < 1.29 is 4.79 Å². The maximum absolute atomic E-state index is 10.6. The lowest BCUT2D eigenvalue weighted by Gasteiger charge is -2.08. The summed E-state index contributed by atoms with van der Waals surface area (Å²) in [6, 6.07) is 0. The zero-order chi connectivity index (χ0) is 7.98. The number of carbonyl (C=O) groups is 1. The van der Waals surface area contributed by atoms with Gasteiger partial charge < -0.3 is 4.79 Å². The minimum absolute atomic E-state index is 0.305. The number of carbonyl (C=O) groups excluding carboxylic acids is 1. The molecule has 10 heavy (non-hydrogen) atoms. The Morgan fingerprint density at radius 1 is 1.10 bits per heavy atom. The predicted octanol–water partition coefficient (Wildman–Crippen LogP) is 2.75. The summed E-state index contributed by atoms with van der Waals surface area (Å²) in [6.07, 6.45) is 3.99. The van der Waals surface area contributed by atoms with Gasteiger partial charge in [-0.05, 0) is 32.1 Å². The Hall–Kier alpha value is -0.330. The first kappa shape index (κ1) is 9.67. The molecule has 0 N–H and O–H groups in total. The van der Waals surface area contributed by atoms with Crippen molar-refractivity contribution in [1.82, 2.24) is 0 Å². The molecule has 1 nitrogen and oxygen atoms in total. The molecular weight excluding hydrogens is 124 g/mol. The van der Waals surface area contributed by atoms with Crippen LogP contribution in [0.2, 0.25) is 0 Å². The van der Waals surface area contributed by atoms with Crippen LogP contribution in [0.5, 0.6) is 0 Å². The van der Waals surface area contributed by atoms with Crippen molar-refractivity contribution in [3.8, 4) is 0 Å². The molecule has 0 fully saturated rings. The summed E-state index contributed by atoms with van der Waals surface area (Å²) in [5, 5.41) is 0. The van der Waals surface area contributed by atoms with Crippen molar-refractivity contribution in [3.05, 3.63) is 5.92 Å². The van der Waals surface area contributed by atoms with Gasteiger partial charge in [0.25, 0.3) is 0 Å². The van der Waals surface area contributed by atoms with Crippen molar-refractivity contribution >= 4 is 5.78 Å². The molecule has 0 aromatic rings. The molecule has 0 saturated heterocycles. The van der Waals surface area contributed by atoms with Crippen molar-refractivity contribution in [2.45, 2.75) is 46.5 Å². The van der Waals surface area contributed by atoms with Crippen LogP contribution >= 0.6 is 0 Å². The number of Topliss-reactive ketones (excluding diaryl/α,β-unsaturated/α-hetero) is 1. The summed E-state index contributed by atoms with van der Waals surface area (Å²) in [6.45, 7) is 5.96. The van der Waals surface area contributed by atoms with Crippen LogP contribution in [0.1, 0.15) is 46.5 Å². The third-order valence-corrected chi connectivity index (χ3v) is 1.83. The molecule has 0 aliphatic carbocycles. The maximum atomic E-state index is 10.6. The highest BCUT2D eigenvalue weighted by molar-refractivity contribution is 5.75. The SMILES string of the molecule is CC[C](CC)CCC(C)=O. The van der Waals surface area contributed by atoms with Gasteiger partial charge in [-0.25, -0.2) is 0 Å². The first-order valence-electron chi connectivity index (χ1n) is 4.03. The minimum Gasteiger partial charge on any atom is -0.300 e. The largest absolute Gasteiger partial charge is 0.300 e. The summed E-state index contributed by atoms with van der Waals surface area (Å²) >= 11 is 0. The van der Waals surface area contributed by atoms with E-state index >= 15 is 0 Å². The monoisotopic (exact) mass is 141 g/mol. The molecular formula is C9H17O. The molecule has 0 amide bonds. The van der Waals surface area contributed by atoms with Gasteiger partial charge in [-0.15, -0.1) is 0 Å². The Morgan fingerprint density at radius 2 is 1.60 bits per heavy atom. The van der Waals surface area contributed by atoms with Crippen LogP contribution in [-0.2, 0) is 4.79 Å². The van der Waals surface area contributed by atoms with Gasteiger partial charge in [0.15, 0.2) is 0 Å². The average molecular weight is 141 g/mol. The minimum atomic E-state index is 0.305. The van der Waals surface area contributed by atoms with Crippen LogP contribution in [0.15, 0.2) is 0 Å². The Labute approximate surface area is 63.8 Å². The maximum Gasteiger partial charge on any atom is 0.129 e. The first-order chi connectivity index (χ1) is 4.70. The molecule has 59 valence electrons. The standard InChI is InChI=1S/C9H17O/c1-4-9(5-2)7-6-8(3)10/h4-7H2,1-3H3. The third kappa shape index (κ3) is 4.54. The second-order valence-electron chi connectivity index (χ2n) is 2.66. The highest BCUT2D eigenvalue weighted by atomic mass is 16.1. The Morgan fingerprint density at radius 3 is 1.90 bits per heavy atom. The number of rotatable bonds is 5. The van der Waals surface area contributed by atoms with E-state index in [2.05, 4.69) is 13.8 Å². The van der Waals surface area contributed by atoms with E-state index in [4.69, 9.17) is 0 Å². The fourth-order valence-electron chi connectivity index (χ4n) is 0.956. The second kappa shape index (κ2) is 5.45. The van der Waals surface area contributed by atoms with Gasteiger partial charge in [-0.3, -0.25) is 0 Å². The average Bonchev–Trinajstić information content (AvgIpc) is 1.90. The van der Waals surface area contributed by atoms with Gasteiger partial charge >= 0.3 is 0 Å². The van der Waals surface area contributed by atoms with Gasteiger partial charge in [0.2, 0.25) is 0 Å². The van der Waals surface area contributed by atoms with Gasteiger partial charge in [-0.2, -0.15) is 0 Å². The van der Waals surface area contributed by atoms with Crippen molar-refractivity contribution in [2.75, 3.05) is 0 Å². The molecule has 0 aliphatic heterocycles. The van der Waals surface area contributed by atoms with Gasteiger partial charge in [0.05, 0.1) is 0 Å². The molecule has 0 unspecified atom stereocenters. The summed E-state index contributed by atoms with van der Waals surface area (Å²) in [7, 11) is 0. The third-order valence-electron chi connectivity index (χ3n) is 1.83. The van der Waals surface area contributed by atoms with Crippen molar-refractivity contribution in [3.63, 3.8) is 0 Å². The molecule has 0 bridgehead atoms. The van der Waals surface area contributed by atoms with Crippen molar-refractivity contribution in [2.24, 2.45) is 0 Å². The smallest absolute Gasteiger partial charge is 0.129 e. The van der Waals surface area contributed by atoms with Crippen LogP contribution in [0.3, 0.4) is 0 Å². The zero-order valence-electron chi connectivity index (χ0n) is 7.24. The summed E-state index contributed by atoms with van der Waals surface area (Å²) in [4.78, 5) is 10.6. The van der Waals surface area contributed by atoms with Crippen LogP contribution in [-0.4, -0.2) is 5.78 Å². The summed E-state index contributed by atoms with van der Waals surface area (Å²) in [5.74, 6) is 1.81. The fourth-order valence-corrected chi connectivity index (χ4v) is 0.956. The lowest BCUT2D eigenvalue weighted by molar-refractivity contribution is -0.117. The lowest BCUT2D eigenvalue weighted by atomic mass is 9.97. The van der Waals surface area contributed by atoms with Crippen molar-refractivity contribution in [1.29, 1.82) is 0 Å². The normalized spacial score (nSPS) is 10.4. The van der Waals surface area contributed by atoms with E-state index < -0.39 is 0 Å². The molecule has 0 saturated carbocycles. The van der Waals surface area contributed by atoms with Gasteiger partial charge in [0, 0.05) is 6.42 Å². The van der Waals surface area contributed by atoms with Gasteiger partial charge in [0.1, 0.15) is 5.78 Å². The van der Waals surface area contributed by atoms with Crippen LogP contribution in [0.25, 0.3) is 0 Å². The number of ketones is 1. The van der Waals surface area contributed by atoms with E-state index in [1.807, 2.05) is 0 Å². The molecule has 0 spiro atoms. The molecule has 1 heteroatoms. The second-order valence-corrected chi connectivity index (χ2v) is 2.66. The quantitative estimate of drug-likeness (QED) is 0.575. The zero-order valence-corrected chi connectivity index (χ0v) is 7.24. The van der Waals surface area contributed by atoms with E-state index in [-0.39, 0.29) is 0 Å². The molecule has 0 aromatic carbocycles. The Balaban J connectivity index is 3.34. The van der Waals surface area contributed by atoms with E-state index in [1.54, 1.807) is 6.92 Å². The molecule has 0 heterocycles. The highest BCUT2D eigenvalue weighted by Crippen LogP contribution is 2.16. The molecule has 0 atom stereocenters. The summed E-state index contributed by atoms with van der Waals surface area (Å²) in [5.41, 5.74) is 0. The number of hydrogen-bond donors (Lipinski definition) is 0. The van der Waals surface area contributed by atoms with E-state index in [9.17, 15) is 4.79 Å². The fraction of sp³-hybridized carbons (Fsp3) is 0.778. The molecule has 0 rings (SSSR count). The Bertz CT molecular complexity index is 92.9. The van der Waals surface area contributed by atoms with E-state index in [1.165, 1.54) is 5.92 Å². The topological polar surface area (TPSA) is 17.1 Å². The summed E-state index contributed by atoms with van der Waals surface area (Å²) < 4.78 is 0. The van der Waals surface area contributed by atoms with Crippen LogP contribution < -0.4 is 0 Å².